The predicted octanol–water partition coefficient (Wildman–Crippen LogP) is 5.13. The molecule has 3 aromatic carbocycles. The first kappa shape index (κ1) is 19.8. The molecule has 160 valence electrons. The maximum atomic E-state index is 14.0. The van der Waals surface area contributed by atoms with Gasteiger partial charge in [0.05, 0.1) is 18.3 Å². The number of anilines is 1. The Hall–Kier alpha value is -4.13. The van der Waals surface area contributed by atoms with E-state index in [1.165, 1.54) is 19.2 Å². The Balaban J connectivity index is 1.55. The van der Waals surface area contributed by atoms with E-state index in [0.717, 1.165) is 33.2 Å². The highest BCUT2D eigenvalue weighted by Crippen LogP contribution is 2.32. The third-order valence-corrected chi connectivity index (χ3v) is 5.72. The summed E-state index contributed by atoms with van der Waals surface area (Å²) < 4.78 is 22.8. The van der Waals surface area contributed by atoms with Gasteiger partial charge in [-0.15, -0.1) is 0 Å². The number of fused-ring (bicyclic) bond motifs is 2. The number of rotatable bonds is 4. The van der Waals surface area contributed by atoms with E-state index in [-0.39, 0.29) is 11.7 Å². The fourth-order valence-corrected chi connectivity index (χ4v) is 4.06. The molecule has 0 spiro atoms. The molecule has 0 atom stereocenters. The van der Waals surface area contributed by atoms with Crippen LogP contribution in [0.15, 0.2) is 66.7 Å². The average molecular weight is 428 g/mol. The largest absolute Gasteiger partial charge is 0.494 e. The van der Waals surface area contributed by atoms with Crippen LogP contribution in [0.3, 0.4) is 0 Å². The Kier molecular flexibility index (Phi) is 4.66. The Labute approximate surface area is 183 Å². The minimum Gasteiger partial charge on any atom is -0.494 e. The van der Waals surface area contributed by atoms with Crippen LogP contribution in [0.1, 0.15) is 10.4 Å². The topological polar surface area (TPSA) is 61.1 Å². The SMILES string of the molecule is COc1ccc(NC(=O)c2ccc3c(c2)c(-c2cc4ccccc4n2C)nn3C)cc1F. The molecule has 2 aromatic heterocycles. The van der Waals surface area contributed by atoms with Crippen LogP contribution >= 0.6 is 0 Å². The van der Waals surface area contributed by atoms with Gasteiger partial charge in [-0.25, -0.2) is 4.39 Å². The predicted molar refractivity (Wildman–Crippen MR) is 124 cm³/mol. The molecular weight excluding hydrogens is 407 g/mol. The molecule has 0 fully saturated rings. The van der Waals surface area contributed by atoms with Crippen molar-refractivity contribution in [1.29, 1.82) is 0 Å². The Bertz CT molecular complexity index is 1500. The summed E-state index contributed by atoms with van der Waals surface area (Å²) >= 11 is 0. The third kappa shape index (κ3) is 3.19. The third-order valence-electron chi connectivity index (χ3n) is 5.72. The molecule has 5 rings (SSSR count). The lowest BCUT2D eigenvalue weighted by Crippen LogP contribution is -2.12. The van der Waals surface area contributed by atoms with Gasteiger partial charge in [0.25, 0.3) is 5.91 Å². The molecule has 6 nitrogen and oxygen atoms in total. The molecule has 1 N–H and O–H groups in total. The number of nitrogens with one attached hydrogen (secondary N) is 1. The molecule has 0 bridgehead atoms. The van der Waals surface area contributed by atoms with Crippen molar-refractivity contribution in [2.24, 2.45) is 14.1 Å². The number of benzene rings is 3. The molecule has 0 aliphatic rings. The van der Waals surface area contributed by atoms with Gasteiger partial charge in [-0.1, -0.05) is 18.2 Å². The second-order valence-corrected chi connectivity index (χ2v) is 7.66. The summed E-state index contributed by atoms with van der Waals surface area (Å²) in [4.78, 5) is 12.9. The number of amides is 1. The van der Waals surface area contributed by atoms with Crippen molar-refractivity contribution in [3.05, 3.63) is 78.1 Å². The lowest BCUT2D eigenvalue weighted by molar-refractivity contribution is 0.102. The van der Waals surface area contributed by atoms with Gasteiger partial charge >= 0.3 is 0 Å². The maximum Gasteiger partial charge on any atom is 0.255 e. The van der Waals surface area contributed by atoms with Gasteiger partial charge in [0, 0.05) is 47.7 Å². The van der Waals surface area contributed by atoms with Gasteiger partial charge in [-0.05, 0) is 42.5 Å². The molecule has 5 aromatic rings. The highest BCUT2D eigenvalue weighted by atomic mass is 19.1. The van der Waals surface area contributed by atoms with E-state index in [4.69, 9.17) is 9.84 Å². The van der Waals surface area contributed by atoms with Crippen molar-refractivity contribution in [2.45, 2.75) is 0 Å². The van der Waals surface area contributed by atoms with Gasteiger partial charge in [0.1, 0.15) is 5.69 Å². The lowest BCUT2D eigenvalue weighted by Gasteiger charge is -2.08. The van der Waals surface area contributed by atoms with E-state index in [9.17, 15) is 9.18 Å². The van der Waals surface area contributed by atoms with Crippen LogP contribution in [0.25, 0.3) is 33.2 Å². The number of ether oxygens (including phenoxy) is 1. The smallest absolute Gasteiger partial charge is 0.255 e. The molecule has 7 heteroatoms. The molecule has 0 saturated carbocycles. The first-order valence-electron chi connectivity index (χ1n) is 10.1. The van der Waals surface area contributed by atoms with Crippen LogP contribution in [0.5, 0.6) is 5.75 Å². The van der Waals surface area contributed by atoms with Crippen molar-refractivity contribution in [1.82, 2.24) is 14.3 Å². The number of carbonyl (C=O) groups is 1. The number of aromatic nitrogens is 3. The summed E-state index contributed by atoms with van der Waals surface area (Å²) in [5, 5.41) is 9.47. The monoisotopic (exact) mass is 428 g/mol. The van der Waals surface area contributed by atoms with Gasteiger partial charge in [-0.3, -0.25) is 9.48 Å². The Morgan fingerprint density at radius 3 is 2.56 bits per heavy atom. The molecule has 0 unspecified atom stereocenters. The Morgan fingerprint density at radius 2 is 1.81 bits per heavy atom. The van der Waals surface area contributed by atoms with E-state index in [1.54, 1.807) is 12.1 Å². The number of nitrogens with zero attached hydrogens (tertiary/aromatic N) is 3. The number of aryl methyl sites for hydroxylation is 2. The molecule has 1 amide bonds. The van der Waals surface area contributed by atoms with Crippen LogP contribution in [0.2, 0.25) is 0 Å². The highest BCUT2D eigenvalue weighted by Gasteiger charge is 2.18. The van der Waals surface area contributed by atoms with Crippen molar-refractivity contribution < 1.29 is 13.9 Å². The van der Waals surface area contributed by atoms with Crippen molar-refractivity contribution in [3.63, 3.8) is 0 Å². The lowest BCUT2D eigenvalue weighted by atomic mass is 10.1. The summed E-state index contributed by atoms with van der Waals surface area (Å²) in [5.74, 6) is -0.742. The molecule has 2 heterocycles. The summed E-state index contributed by atoms with van der Waals surface area (Å²) in [6, 6.07) is 20.0. The highest BCUT2D eigenvalue weighted by molar-refractivity contribution is 6.08. The van der Waals surface area contributed by atoms with Gasteiger partial charge in [0.15, 0.2) is 11.6 Å². The standard InChI is InChI=1S/C25H21FN4O2/c1-29-20-7-5-4-6-15(20)13-22(29)24-18-12-16(8-10-21(18)30(2)28-24)25(31)27-17-9-11-23(32-3)19(26)14-17/h4-14H,1-3H3,(H,27,31). The first-order chi connectivity index (χ1) is 15.5. The second kappa shape index (κ2) is 7.53. The van der Waals surface area contributed by atoms with Crippen molar-refractivity contribution in [2.75, 3.05) is 12.4 Å². The van der Waals surface area contributed by atoms with Crippen LogP contribution < -0.4 is 10.1 Å². The van der Waals surface area contributed by atoms with Gasteiger partial charge in [-0.2, -0.15) is 5.10 Å². The summed E-state index contributed by atoms with van der Waals surface area (Å²) in [5.41, 5.74) is 4.60. The van der Waals surface area contributed by atoms with E-state index < -0.39 is 5.82 Å². The molecule has 0 aliphatic carbocycles. The number of halogens is 1. The first-order valence-corrected chi connectivity index (χ1v) is 10.1. The molecule has 32 heavy (non-hydrogen) atoms. The molecular formula is C25H21FN4O2. The van der Waals surface area contributed by atoms with E-state index in [2.05, 4.69) is 28.1 Å². The zero-order valence-corrected chi connectivity index (χ0v) is 17.9. The Morgan fingerprint density at radius 1 is 1.00 bits per heavy atom. The number of para-hydroxylation sites is 1. The van der Waals surface area contributed by atoms with Crippen molar-refractivity contribution in [3.8, 4) is 17.1 Å². The quantitative estimate of drug-likeness (QED) is 0.432. The zero-order chi connectivity index (χ0) is 22.4. The van der Waals surface area contributed by atoms with E-state index in [0.29, 0.717) is 11.3 Å². The van der Waals surface area contributed by atoms with Crippen LogP contribution in [0, 0.1) is 5.82 Å². The van der Waals surface area contributed by atoms with E-state index in [1.807, 2.05) is 43.0 Å². The normalized spacial score (nSPS) is 11.2. The van der Waals surface area contributed by atoms with Crippen LogP contribution in [-0.4, -0.2) is 27.4 Å². The fourth-order valence-electron chi connectivity index (χ4n) is 4.06. The number of hydrogen-bond acceptors (Lipinski definition) is 3. The number of carbonyl (C=O) groups excluding carboxylic acids is 1. The molecule has 0 aliphatic heterocycles. The minimum absolute atomic E-state index is 0.124. The summed E-state index contributed by atoms with van der Waals surface area (Å²) in [7, 11) is 5.29. The minimum atomic E-state index is -0.536. The van der Waals surface area contributed by atoms with Crippen LogP contribution in [0.4, 0.5) is 10.1 Å². The molecule has 0 radical (unpaired) electrons. The average Bonchev–Trinajstić information content (AvgIpc) is 3.30. The van der Waals surface area contributed by atoms with Crippen molar-refractivity contribution >= 4 is 33.4 Å². The molecule has 0 saturated heterocycles. The summed E-state index contributed by atoms with van der Waals surface area (Å²) in [6.45, 7) is 0. The van der Waals surface area contributed by atoms with E-state index >= 15 is 0 Å². The van der Waals surface area contributed by atoms with Gasteiger partial charge < -0.3 is 14.6 Å². The van der Waals surface area contributed by atoms with Gasteiger partial charge in [0.2, 0.25) is 0 Å². The number of hydrogen-bond donors (Lipinski definition) is 1. The van der Waals surface area contributed by atoms with Crippen LogP contribution in [-0.2, 0) is 14.1 Å². The fraction of sp³-hybridized carbons (Fsp3) is 0.120. The second-order valence-electron chi connectivity index (χ2n) is 7.66. The maximum absolute atomic E-state index is 14.0. The number of methoxy groups -OCH3 is 1. The zero-order valence-electron chi connectivity index (χ0n) is 17.9. The summed E-state index contributed by atoms with van der Waals surface area (Å²) in [6.07, 6.45) is 0.